The zero-order valence-electron chi connectivity index (χ0n) is 13.0. The summed E-state index contributed by atoms with van der Waals surface area (Å²) in [6.45, 7) is -0.0684. The van der Waals surface area contributed by atoms with Gasteiger partial charge in [-0.1, -0.05) is 49.2 Å². The Hall–Kier alpha value is -2.40. The number of hydrogen-bond acceptors (Lipinski definition) is 3. The van der Waals surface area contributed by atoms with Crippen LogP contribution in [0.1, 0.15) is 25.7 Å². The predicted molar refractivity (Wildman–Crippen MR) is 91.0 cm³/mol. The SMILES string of the molecule is NC1(C(=O)NCC(=O)Nc2cccc3ccccc23)CCCC1. The highest BCUT2D eigenvalue weighted by Crippen LogP contribution is 2.27. The second-order valence-electron chi connectivity index (χ2n) is 6.12. The van der Waals surface area contributed by atoms with E-state index < -0.39 is 5.54 Å². The van der Waals surface area contributed by atoms with Crippen molar-refractivity contribution >= 4 is 28.3 Å². The lowest BCUT2D eigenvalue weighted by Gasteiger charge is -2.22. The van der Waals surface area contributed by atoms with Gasteiger partial charge in [0.15, 0.2) is 0 Å². The third-order valence-electron chi connectivity index (χ3n) is 4.42. The number of hydrogen-bond donors (Lipinski definition) is 3. The van der Waals surface area contributed by atoms with E-state index in [0.29, 0.717) is 12.8 Å². The first kappa shape index (κ1) is 15.5. The van der Waals surface area contributed by atoms with Crippen LogP contribution in [0.4, 0.5) is 5.69 Å². The molecule has 0 heterocycles. The van der Waals surface area contributed by atoms with Crippen molar-refractivity contribution in [3.63, 3.8) is 0 Å². The number of nitrogens with one attached hydrogen (secondary N) is 2. The molecule has 1 aliphatic carbocycles. The lowest BCUT2D eigenvalue weighted by molar-refractivity contribution is -0.128. The lowest BCUT2D eigenvalue weighted by Crippen LogP contribution is -2.53. The van der Waals surface area contributed by atoms with Crippen LogP contribution in [-0.4, -0.2) is 23.9 Å². The molecule has 2 aromatic carbocycles. The largest absolute Gasteiger partial charge is 0.345 e. The van der Waals surface area contributed by atoms with E-state index in [-0.39, 0.29) is 18.4 Å². The number of fused-ring (bicyclic) bond motifs is 1. The van der Waals surface area contributed by atoms with Crippen LogP contribution in [0.25, 0.3) is 10.8 Å². The van der Waals surface area contributed by atoms with E-state index in [1.165, 1.54) is 0 Å². The molecule has 0 atom stereocenters. The second kappa shape index (κ2) is 6.38. The number of benzene rings is 2. The van der Waals surface area contributed by atoms with Gasteiger partial charge in [-0.15, -0.1) is 0 Å². The zero-order chi connectivity index (χ0) is 16.3. The highest BCUT2D eigenvalue weighted by atomic mass is 16.2. The summed E-state index contributed by atoms with van der Waals surface area (Å²) in [5, 5.41) is 7.54. The fourth-order valence-electron chi connectivity index (χ4n) is 3.10. The highest BCUT2D eigenvalue weighted by molar-refractivity contribution is 6.03. The number of carbonyl (C=O) groups is 2. The molecule has 1 fully saturated rings. The Labute approximate surface area is 135 Å². The zero-order valence-corrected chi connectivity index (χ0v) is 13.0. The normalized spacial score (nSPS) is 16.2. The number of carbonyl (C=O) groups excluding carboxylic acids is 2. The van der Waals surface area contributed by atoms with Gasteiger partial charge in [-0.3, -0.25) is 9.59 Å². The Bertz CT molecular complexity index is 731. The Balaban J connectivity index is 1.62. The van der Waals surface area contributed by atoms with Crippen LogP contribution in [0.5, 0.6) is 0 Å². The van der Waals surface area contributed by atoms with Gasteiger partial charge in [0.1, 0.15) is 0 Å². The summed E-state index contributed by atoms with van der Waals surface area (Å²) in [6, 6.07) is 13.6. The first-order chi connectivity index (χ1) is 11.1. The third-order valence-corrected chi connectivity index (χ3v) is 4.42. The van der Waals surface area contributed by atoms with Crippen LogP contribution < -0.4 is 16.4 Å². The van der Waals surface area contributed by atoms with Crippen LogP contribution in [0.2, 0.25) is 0 Å². The molecule has 0 spiro atoms. The maximum Gasteiger partial charge on any atom is 0.243 e. The summed E-state index contributed by atoms with van der Waals surface area (Å²) in [5.41, 5.74) is 6.01. The van der Waals surface area contributed by atoms with Gasteiger partial charge in [-0.05, 0) is 24.3 Å². The Morgan fingerprint density at radius 1 is 1.04 bits per heavy atom. The van der Waals surface area contributed by atoms with Crippen molar-refractivity contribution in [3.8, 4) is 0 Å². The van der Waals surface area contributed by atoms with E-state index in [4.69, 9.17) is 5.73 Å². The minimum Gasteiger partial charge on any atom is -0.345 e. The second-order valence-corrected chi connectivity index (χ2v) is 6.12. The number of anilines is 1. The number of amides is 2. The molecule has 0 aliphatic heterocycles. The molecule has 0 radical (unpaired) electrons. The molecule has 23 heavy (non-hydrogen) atoms. The first-order valence-corrected chi connectivity index (χ1v) is 7.93. The van der Waals surface area contributed by atoms with E-state index in [0.717, 1.165) is 29.3 Å². The minimum atomic E-state index is -0.806. The molecule has 5 heteroatoms. The van der Waals surface area contributed by atoms with E-state index >= 15 is 0 Å². The van der Waals surface area contributed by atoms with Gasteiger partial charge in [0.25, 0.3) is 0 Å². The quantitative estimate of drug-likeness (QED) is 0.809. The van der Waals surface area contributed by atoms with E-state index in [1.54, 1.807) is 0 Å². The summed E-state index contributed by atoms with van der Waals surface area (Å²) in [5.74, 6) is -0.487. The van der Waals surface area contributed by atoms with Gasteiger partial charge in [0, 0.05) is 11.1 Å². The van der Waals surface area contributed by atoms with Crippen molar-refractivity contribution in [3.05, 3.63) is 42.5 Å². The molecule has 0 aromatic heterocycles. The summed E-state index contributed by atoms with van der Waals surface area (Å²) in [7, 11) is 0. The average molecular weight is 311 g/mol. The Morgan fingerprint density at radius 2 is 1.74 bits per heavy atom. The Morgan fingerprint density at radius 3 is 2.52 bits per heavy atom. The molecule has 5 nitrogen and oxygen atoms in total. The Kier molecular flexibility index (Phi) is 4.30. The van der Waals surface area contributed by atoms with Crippen molar-refractivity contribution in [2.24, 2.45) is 5.73 Å². The number of rotatable bonds is 4. The van der Waals surface area contributed by atoms with Gasteiger partial charge >= 0.3 is 0 Å². The molecule has 1 saturated carbocycles. The van der Waals surface area contributed by atoms with Crippen LogP contribution >= 0.6 is 0 Å². The van der Waals surface area contributed by atoms with Crippen LogP contribution in [0.15, 0.2) is 42.5 Å². The van der Waals surface area contributed by atoms with E-state index in [2.05, 4.69) is 10.6 Å². The lowest BCUT2D eigenvalue weighted by atomic mass is 9.98. The van der Waals surface area contributed by atoms with Crippen LogP contribution in [-0.2, 0) is 9.59 Å². The fraction of sp³-hybridized carbons (Fsp3) is 0.333. The topological polar surface area (TPSA) is 84.2 Å². The molecule has 1 aliphatic rings. The molecule has 2 amide bonds. The third kappa shape index (κ3) is 3.35. The summed E-state index contributed by atoms with van der Waals surface area (Å²) in [4.78, 5) is 24.2. The molecule has 4 N–H and O–H groups in total. The molecule has 120 valence electrons. The van der Waals surface area contributed by atoms with Crippen LogP contribution in [0.3, 0.4) is 0 Å². The number of nitrogens with two attached hydrogens (primary N) is 1. The van der Waals surface area contributed by atoms with Gasteiger partial charge in [0.05, 0.1) is 12.1 Å². The van der Waals surface area contributed by atoms with Gasteiger partial charge in [-0.2, -0.15) is 0 Å². The minimum absolute atomic E-state index is 0.0684. The smallest absolute Gasteiger partial charge is 0.243 e. The first-order valence-electron chi connectivity index (χ1n) is 7.93. The van der Waals surface area contributed by atoms with Crippen molar-refractivity contribution in [2.75, 3.05) is 11.9 Å². The van der Waals surface area contributed by atoms with E-state index in [9.17, 15) is 9.59 Å². The standard InChI is InChI=1S/C18H21N3O2/c19-18(10-3-4-11-18)17(23)20-12-16(22)21-15-9-5-7-13-6-1-2-8-14(13)15/h1-2,5-9H,3-4,10-12,19H2,(H,20,23)(H,21,22). The van der Waals surface area contributed by atoms with E-state index in [1.807, 2.05) is 42.5 Å². The van der Waals surface area contributed by atoms with Gasteiger partial charge in [0.2, 0.25) is 11.8 Å². The van der Waals surface area contributed by atoms with Crippen molar-refractivity contribution in [1.29, 1.82) is 0 Å². The maximum absolute atomic E-state index is 12.1. The summed E-state index contributed by atoms with van der Waals surface area (Å²) in [6.07, 6.45) is 3.30. The predicted octanol–water partition coefficient (Wildman–Crippen LogP) is 2.17. The monoisotopic (exact) mass is 311 g/mol. The molecule has 0 saturated heterocycles. The molecular weight excluding hydrogens is 290 g/mol. The van der Waals surface area contributed by atoms with Gasteiger partial charge in [-0.25, -0.2) is 0 Å². The molecule has 0 unspecified atom stereocenters. The fourth-order valence-corrected chi connectivity index (χ4v) is 3.10. The van der Waals surface area contributed by atoms with Gasteiger partial charge < -0.3 is 16.4 Å². The molecule has 2 aromatic rings. The molecule has 3 rings (SSSR count). The molecule has 0 bridgehead atoms. The summed E-state index contributed by atoms with van der Waals surface area (Å²) >= 11 is 0. The highest BCUT2D eigenvalue weighted by Gasteiger charge is 2.36. The summed E-state index contributed by atoms with van der Waals surface area (Å²) < 4.78 is 0. The molecular formula is C18H21N3O2. The maximum atomic E-state index is 12.1. The average Bonchev–Trinajstić information content (AvgIpc) is 3.01. The van der Waals surface area contributed by atoms with Crippen molar-refractivity contribution in [2.45, 2.75) is 31.2 Å². The van der Waals surface area contributed by atoms with Crippen LogP contribution in [0, 0.1) is 0 Å². The van der Waals surface area contributed by atoms with Crippen molar-refractivity contribution < 1.29 is 9.59 Å². The van der Waals surface area contributed by atoms with Crippen molar-refractivity contribution in [1.82, 2.24) is 5.32 Å².